The van der Waals surface area contributed by atoms with Gasteiger partial charge in [-0.05, 0) is 20.8 Å². The van der Waals surface area contributed by atoms with Crippen LogP contribution in [0.15, 0.2) is 6.33 Å². The van der Waals surface area contributed by atoms with Gasteiger partial charge in [0.25, 0.3) is 0 Å². The molecule has 0 aliphatic carbocycles. The first kappa shape index (κ1) is 13.1. The maximum Gasteiger partial charge on any atom is 0.226 e. The number of nitrogens with one attached hydrogen (secondary N) is 2. The number of anilines is 2. The third kappa shape index (κ3) is 2.29. The van der Waals surface area contributed by atoms with Crippen LogP contribution < -0.4 is 10.2 Å². The normalized spacial score (nSPS) is 22.2. The molecule has 0 spiro atoms. The molecular formula is C13H20N6O. The zero-order chi connectivity index (χ0) is 14.3. The Morgan fingerprint density at radius 2 is 2.25 bits per heavy atom. The predicted octanol–water partition coefficient (Wildman–Crippen LogP) is 1.40. The lowest BCUT2D eigenvalue weighted by molar-refractivity contribution is -0.0751. The molecule has 108 valence electrons. The van der Waals surface area contributed by atoms with E-state index in [0.29, 0.717) is 11.6 Å². The highest BCUT2D eigenvalue weighted by Crippen LogP contribution is 2.29. The van der Waals surface area contributed by atoms with Crippen LogP contribution in [0.25, 0.3) is 11.2 Å². The largest absolute Gasteiger partial charge is 0.369 e. The molecule has 1 aliphatic heterocycles. The SMILES string of the molecule is CNc1nc(N2CC(C)OC(C)(C)C2)c2[nH]cnc2n1. The zero-order valence-electron chi connectivity index (χ0n) is 12.3. The maximum absolute atomic E-state index is 5.95. The van der Waals surface area contributed by atoms with Crippen molar-refractivity contribution in [2.45, 2.75) is 32.5 Å². The summed E-state index contributed by atoms with van der Waals surface area (Å²) in [4.78, 5) is 18.5. The van der Waals surface area contributed by atoms with Crippen molar-refractivity contribution in [3.8, 4) is 0 Å². The number of morpholine rings is 1. The van der Waals surface area contributed by atoms with E-state index >= 15 is 0 Å². The summed E-state index contributed by atoms with van der Waals surface area (Å²) in [7, 11) is 1.81. The fourth-order valence-electron chi connectivity index (χ4n) is 2.77. The van der Waals surface area contributed by atoms with Crippen LogP contribution in [-0.2, 0) is 4.74 Å². The molecule has 1 fully saturated rings. The number of imidazole rings is 1. The van der Waals surface area contributed by atoms with Crippen molar-refractivity contribution in [1.82, 2.24) is 19.9 Å². The van der Waals surface area contributed by atoms with E-state index < -0.39 is 0 Å². The maximum atomic E-state index is 5.95. The van der Waals surface area contributed by atoms with Gasteiger partial charge in [0.15, 0.2) is 11.5 Å². The van der Waals surface area contributed by atoms with Gasteiger partial charge in [0.05, 0.1) is 18.0 Å². The molecule has 1 unspecified atom stereocenters. The van der Waals surface area contributed by atoms with Gasteiger partial charge < -0.3 is 19.9 Å². The topological polar surface area (TPSA) is 79.0 Å². The van der Waals surface area contributed by atoms with Crippen LogP contribution in [0.1, 0.15) is 20.8 Å². The van der Waals surface area contributed by atoms with Crippen molar-refractivity contribution in [1.29, 1.82) is 0 Å². The fourth-order valence-corrected chi connectivity index (χ4v) is 2.77. The number of H-pyrrole nitrogens is 1. The number of fused-ring (bicyclic) bond motifs is 1. The predicted molar refractivity (Wildman–Crippen MR) is 78.1 cm³/mol. The summed E-state index contributed by atoms with van der Waals surface area (Å²) in [5.41, 5.74) is 1.35. The van der Waals surface area contributed by atoms with Crippen LogP contribution in [0.4, 0.5) is 11.8 Å². The van der Waals surface area contributed by atoms with E-state index in [1.807, 2.05) is 7.05 Å². The van der Waals surface area contributed by atoms with Gasteiger partial charge in [0.1, 0.15) is 5.52 Å². The summed E-state index contributed by atoms with van der Waals surface area (Å²) in [5.74, 6) is 1.46. The van der Waals surface area contributed by atoms with Crippen LogP contribution in [0.5, 0.6) is 0 Å². The third-order valence-electron chi connectivity index (χ3n) is 3.36. The Hall–Kier alpha value is -1.89. The smallest absolute Gasteiger partial charge is 0.226 e. The first-order valence-electron chi connectivity index (χ1n) is 6.80. The molecule has 1 saturated heterocycles. The average Bonchev–Trinajstić information content (AvgIpc) is 2.82. The van der Waals surface area contributed by atoms with Crippen LogP contribution in [-0.4, -0.2) is 51.8 Å². The highest BCUT2D eigenvalue weighted by atomic mass is 16.5. The van der Waals surface area contributed by atoms with Gasteiger partial charge >= 0.3 is 0 Å². The average molecular weight is 276 g/mol. The molecule has 20 heavy (non-hydrogen) atoms. The van der Waals surface area contributed by atoms with Gasteiger partial charge in [0, 0.05) is 20.1 Å². The Kier molecular flexibility index (Phi) is 3.01. The second-order valence-corrected chi connectivity index (χ2v) is 5.79. The highest BCUT2D eigenvalue weighted by Gasteiger charge is 2.33. The van der Waals surface area contributed by atoms with Gasteiger partial charge in [-0.1, -0.05) is 0 Å². The lowest BCUT2D eigenvalue weighted by Gasteiger charge is -2.42. The van der Waals surface area contributed by atoms with Gasteiger partial charge in [0.2, 0.25) is 5.95 Å². The van der Waals surface area contributed by atoms with Gasteiger partial charge in [-0.25, -0.2) is 4.98 Å². The van der Waals surface area contributed by atoms with E-state index in [0.717, 1.165) is 24.4 Å². The molecule has 7 nitrogen and oxygen atoms in total. The van der Waals surface area contributed by atoms with E-state index in [2.05, 4.69) is 50.9 Å². The first-order chi connectivity index (χ1) is 9.48. The highest BCUT2D eigenvalue weighted by molar-refractivity contribution is 5.84. The van der Waals surface area contributed by atoms with E-state index in [-0.39, 0.29) is 11.7 Å². The minimum atomic E-state index is -0.200. The number of aromatic amines is 1. The summed E-state index contributed by atoms with van der Waals surface area (Å²) in [6.45, 7) is 7.86. The van der Waals surface area contributed by atoms with Gasteiger partial charge in [-0.2, -0.15) is 9.97 Å². The second kappa shape index (κ2) is 4.59. The summed E-state index contributed by atoms with van der Waals surface area (Å²) >= 11 is 0. The molecule has 0 amide bonds. The van der Waals surface area contributed by atoms with Crippen molar-refractivity contribution in [3.63, 3.8) is 0 Å². The molecule has 0 aromatic carbocycles. The lowest BCUT2D eigenvalue weighted by atomic mass is 10.1. The third-order valence-corrected chi connectivity index (χ3v) is 3.36. The molecule has 1 aliphatic rings. The van der Waals surface area contributed by atoms with E-state index in [1.165, 1.54) is 0 Å². The van der Waals surface area contributed by atoms with Crippen molar-refractivity contribution < 1.29 is 4.74 Å². The first-order valence-corrected chi connectivity index (χ1v) is 6.80. The van der Waals surface area contributed by atoms with Crippen LogP contribution >= 0.6 is 0 Å². The lowest BCUT2D eigenvalue weighted by Crippen LogP contribution is -2.52. The molecule has 1 atom stereocenters. The molecule has 0 saturated carbocycles. The Labute approximate surface area is 117 Å². The summed E-state index contributed by atoms with van der Waals surface area (Å²) in [5, 5.41) is 2.99. The number of hydrogen-bond acceptors (Lipinski definition) is 6. The number of rotatable bonds is 2. The second-order valence-electron chi connectivity index (χ2n) is 5.79. The monoisotopic (exact) mass is 276 g/mol. The number of aromatic nitrogens is 4. The zero-order valence-corrected chi connectivity index (χ0v) is 12.3. The molecule has 2 N–H and O–H groups in total. The number of nitrogens with zero attached hydrogens (tertiary/aromatic N) is 4. The Bertz CT molecular complexity index is 622. The molecule has 0 bridgehead atoms. The van der Waals surface area contributed by atoms with E-state index in [9.17, 15) is 0 Å². The standard InChI is InChI=1S/C13H20N6O/c1-8-5-19(6-13(2,3)20-8)11-9-10(16-7-15-9)17-12(14-4)18-11/h7-8H,5-6H2,1-4H3,(H2,14,15,16,17,18). The van der Waals surface area contributed by atoms with Gasteiger partial charge in [-0.15, -0.1) is 0 Å². The molecule has 3 rings (SSSR count). The van der Waals surface area contributed by atoms with E-state index in [4.69, 9.17) is 4.74 Å². The van der Waals surface area contributed by atoms with Crippen LogP contribution in [0.3, 0.4) is 0 Å². The summed E-state index contributed by atoms with van der Waals surface area (Å²) in [6.07, 6.45) is 1.81. The van der Waals surface area contributed by atoms with Crippen molar-refractivity contribution >= 4 is 22.9 Å². The molecule has 2 aromatic rings. The van der Waals surface area contributed by atoms with Crippen molar-refractivity contribution in [2.75, 3.05) is 30.4 Å². The minimum absolute atomic E-state index is 0.157. The van der Waals surface area contributed by atoms with Crippen molar-refractivity contribution in [2.24, 2.45) is 0 Å². The fraction of sp³-hybridized carbons (Fsp3) is 0.615. The van der Waals surface area contributed by atoms with Crippen molar-refractivity contribution in [3.05, 3.63) is 6.33 Å². The number of hydrogen-bond donors (Lipinski definition) is 2. The van der Waals surface area contributed by atoms with E-state index in [1.54, 1.807) is 6.33 Å². The summed E-state index contributed by atoms with van der Waals surface area (Å²) < 4.78 is 5.95. The molecule has 2 aromatic heterocycles. The summed E-state index contributed by atoms with van der Waals surface area (Å²) in [6, 6.07) is 0. The van der Waals surface area contributed by atoms with Gasteiger partial charge in [-0.3, -0.25) is 0 Å². The van der Waals surface area contributed by atoms with Crippen LogP contribution in [0.2, 0.25) is 0 Å². The van der Waals surface area contributed by atoms with Crippen LogP contribution in [0, 0.1) is 0 Å². The Morgan fingerprint density at radius 3 is 2.95 bits per heavy atom. The molecular weight excluding hydrogens is 256 g/mol. The minimum Gasteiger partial charge on any atom is -0.369 e. The number of ether oxygens (including phenoxy) is 1. The molecule has 3 heterocycles. The Morgan fingerprint density at radius 1 is 1.45 bits per heavy atom. The molecule has 0 radical (unpaired) electrons. The Balaban J connectivity index is 2.06. The quantitative estimate of drug-likeness (QED) is 0.863. The molecule has 7 heteroatoms.